The third kappa shape index (κ3) is 11.3. The number of halogens is 2. The Hall–Kier alpha value is -6.37. The Morgan fingerprint density at radius 2 is 1.85 bits per heavy atom. The summed E-state index contributed by atoms with van der Waals surface area (Å²) in [4.78, 5) is 130. The molecule has 0 aliphatic carbocycles. The van der Waals surface area contributed by atoms with Gasteiger partial charge in [0.05, 0.1) is 5.56 Å². The Morgan fingerprint density at radius 1 is 1.06 bits per heavy atom. The van der Waals surface area contributed by atoms with Gasteiger partial charge in [-0.2, -0.15) is 8.78 Å². The number of carbonyl (C=O) groups excluding carboxylic acids is 8. The molecule has 5 heterocycles. The summed E-state index contributed by atoms with van der Waals surface area (Å²) in [5, 5.41) is 10.7. The zero-order chi connectivity index (χ0) is 48.2. The van der Waals surface area contributed by atoms with Crippen molar-refractivity contribution in [1.82, 2.24) is 41.0 Å². The first-order valence-electron chi connectivity index (χ1n) is 21.7. The largest absolute Gasteiger partial charge is 0.389 e. The van der Waals surface area contributed by atoms with Crippen molar-refractivity contribution < 1.29 is 61.4 Å². The molecule has 3 saturated heterocycles. The average molecular weight is 950 g/mol. The van der Waals surface area contributed by atoms with Gasteiger partial charge in [-0.25, -0.2) is 4.52 Å². The first-order valence-corrected chi connectivity index (χ1v) is 22.9. The number of aromatic nitrogens is 1. The number of likely N-dealkylation sites (N-methyl/N-ethyl adjacent to an activating group) is 1. The molecule has 67 heavy (non-hydrogen) atoms. The maximum atomic E-state index is 14.4. The SMILES string of the molecule is CN1CC[C@H]2CC[C@@H](C(=O)N[C@@H](CCC(N)=O)C(=O)NCCCC#Cc3cccc4c3CN(C3CCC(=O)NC3=O)C4=O)N2C(=O)[C@@H](NC(=O)c2cc3cc(C(F)(F)OP(O)O)ccc3[nH]2)C1. The van der Waals surface area contributed by atoms with Crippen LogP contribution in [0, 0.1) is 11.8 Å². The first kappa shape index (κ1) is 48.6. The second kappa shape index (κ2) is 20.7. The number of H-pyrrole nitrogens is 1. The van der Waals surface area contributed by atoms with Crippen LogP contribution in [0.15, 0.2) is 42.5 Å². The molecule has 0 radical (unpaired) electrons. The van der Waals surface area contributed by atoms with E-state index in [-0.39, 0.29) is 80.7 Å². The number of amides is 8. The highest BCUT2D eigenvalue weighted by Crippen LogP contribution is 2.42. The number of benzene rings is 2. The van der Waals surface area contributed by atoms with Crippen molar-refractivity contribution in [2.24, 2.45) is 5.73 Å². The molecule has 3 fully saturated rings. The third-order valence-corrected chi connectivity index (χ3v) is 12.7. The number of hydrogen-bond donors (Lipinski definition) is 8. The number of nitrogens with two attached hydrogens (primary N) is 1. The zero-order valence-electron chi connectivity index (χ0n) is 36.3. The molecule has 23 heteroatoms. The van der Waals surface area contributed by atoms with E-state index in [9.17, 15) is 47.1 Å². The Balaban J connectivity index is 0.959. The highest BCUT2D eigenvalue weighted by atomic mass is 31.2. The number of rotatable bonds is 15. The Bertz CT molecular complexity index is 2550. The molecule has 1 unspecified atom stereocenters. The average Bonchev–Trinajstić information content (AvgIpc) is 3.99. The number of hydrogen-bond acceptors (Lipinski definition) is 12. The van der Waals surface area contributed by atoms with Crippen LogP contribution in [0.1, 0.15) is 95.3 Å². The van der Waals surface area contributed by atoms with Gasteiger partial charge in [0.2, 0.25) is 35.4 Å². The van der Waals surface area contributed by atoms with E-state index >= 15 is 0 Å². The lowest BCUT2D eigenvalue weighted by atomic mass is 10.0. The summed E-state index contributed by atoms with van der Waals surface area (Å²) in [5.74, 6) is 1.77. The molecule has 4 aliphatic heterocycles. The van der Waals surface area contributed by atoms with Crippen molar-refractivity contribution in [3.05, 3.63) is 70.4 Å². The lowest BCUT2D eigenvalue weighted by Crippen LogP contribution is -2.61. The summed E-state index contributed by atoms with van der Waals surface area (Å²) >= 11 is 0. The molecule has 20 nitrogen and oxygen atoms in total. The molecule has 9 N–H and O–H groups in total. The van der Waals surface area contributed by atoms with E-state index in [0.717, 1.165) is 12.1 Å². The molecule has 0 saturated carbocycles. The second-order valence-electron chi connectivity index (χ2n) is 16.9. The van der Waals surface area contributed by atoms with E-state index in [2.05, 4.69) is 42.6 Å². The number of nitrogens with one attached hydrogen (secondary N) is 5. The second-order valence-corrected chi connectivity index (χ2v) is 17.6. The smallest absolute Gasteiger partial charge is 0.370 e. The molecule has 1 aromatic heterocycles. The first-order chi connectivity index (χ1) is 31.9. The molecule has 356 valence electrons. The molecule has 8 amide bonds. The molecule has 0 spiro atoms. The fraction of sp³-hybridized carbons (Fsp3) is 0.455. The summed E-state index contributed by atoms with van der Waals surface area (Å²) in [6, 6.07) is 5.24. The number of unbranched alkanes of at least 4 members (excludes halogenated alkanes) is 1. The molecule has 7 rings (SSSR count). The number of fused-ring (bicyclic) bond motifs is 3. The molecular formula is C44H50F2N9O11P. The normalized spacial score (nSPS) is 21.5. The summed E-state index contributed by atoms with van der Waals surface area (Å²) in [6.07, 6.45) is -2.00. The van der Waals surface area contributed by atoms with Crippen LogP contribution in [0.4, 0.5) is 8.78 Å². The number of carbonyl (C=O) groups is 8. The van der Waals surface area contributed by atoms with Crippen molar-refractivity contribution in [2.45, 2.75) is 101 Å². The summed E-state index contributed by atoms with van der Waals surface area (Å²) in [5.41, 5.74) is 6.70. The molecule has 2 aromatic carbocycles. The lowest BCUT2D eigenvalue weighted by molar-refractivity contribution is -0.189. The predicted octanol–water partition coefficient (Wildman–Crippen LogP) is 0.698. The minimum atomic E-state index is -4.03. The standard InChI is InChI=1S/C44H50F2N9O11P/c1-53-19-17-27-10-13-35(55(27)43(63)33(23-53)51-39(59)32-21-25-20-26(9-11-30(25)49-32)44(45,46)66-67(64)65)41(61)50-31(12-15-36(47)56)38(58)48-18-4-2-3-6-24-7-5-8-28-29(24)22-54(42(28)62)34-14-16-37(57)52-40(34)60/h5,7-9,11,20-21,27,31,33-35,49,64-65H,2,4,10,12-19,22-23H2,1H3,(H2,47,56)(H,48,58)(H,50,61)(H,51,59)(H,52,57,60)/t27-,31+,33+,34?,35+/m1/s1. The Labute approximate surface area is 383 Å². The number of alkyl halides is 2. The van der Waals surface area contributed by atoms with Crippen LogP contribution in [0.2, 0.25) is 0 Å². The minimum Gasteiger partial charge on any atom is -0.370 e. The number of nitrogens with zero attached hydrogens (tertiary/aromatic N) is 3. The van der Waals surface area contributed by atoms with Crippen LogP contribution in [0.5, 0.6) is 0 Å². The van der Waals surface area contributed by atoms with Gasteiger partial charge in [0.1, 0.15) is 29.9 Å². The van der Waals surface area contributed by atoms with Gasteiger partial charge in [-0.05, 0) is 94.1 Å². The Morgan fingerprint density at radius 3 is 2.60 bits per heavy atom. The maximum Gasteiger partial charge on any atom is 0.389 e. The van der Waals surface area contributed by atoms with Gasteiger partial charge in [-0.3, -0.25) is 43.7 Å². The van der Waals surface area contributed by atoms with Gasteiger partial charge in [0.15, 0.2) is 0 Å². The van der Waals surface area contributed by atoms with E-state index in [1.165, 1.54) is 21.9 Å². The van der Waals surface area contributed by atoms with Gasteiger partial charge < -0.3 is 51.2 Å². The van der Waals surface area contributed by atoms with E-state index in [0.29, 0.717) is 54.4 Å². The maximum absolute atomic E-state index is 14.4. The van der Waals surface area contributed by atoms with E-state index in [1.807, 2.05) is 4.90 Å². The summed E-state index contributed by atoms with van der Waals surface area (Å²) in [7, 11) is -1.58. The molecule has 0 bridgehead atoms. The fourth-order valence-corrected chi connectivity index (χ4v) is 9.23. The molecular weight excluding hydrogens is 900 g/mol. The minimum absolute atomic E-state index is 0.0554. The van der Waals surface area contributed by atoms with Crippen molar-refractivity contribution in [2.75, 3.05) is 26.7 Å². The van der Waals surface area contributed by atoms with Gasteiger partial charge in [-0.15, -0.1) is 0 Å². The van der Waals surface area contributed by atoms with Crippen molar-refractivity contribution in [3.63, 3.8) is 0 Å². The van der Waals surface area contributed by atoms with Gasteiger partial charge in [0.25, 0.3) is 11.8 Å². The highest BCUT2D eigenvalue weighted by Gasteiger charge is 2.46. The Kier molecular flexibility index (Phi) is 15.0. The fourth-order valence-electron chi connectivity index (χ4n) is 8.92. The summed E-state index contributed by atoms with van der Waals surface area (Å²) < 4.78 is 32.8. The van der Waals surface area contributed by atoms with Crippen LogP contribution >= 0.6 is 8.60 Å². The third-order valence-electron chi connectivity index (χ3n) is 12.3. The van der Waals surface area contributed by atoms with E-state index in [4.69, 9.17) is 15.5 Å². The highest BCUT2D eigenvalue weighted by molar-refractivity contribution is 7.39. The topological polar surface area (TPSA) is 286 Å². The molecule has 3 aromatic rings. The number of piperidine rings is 1. The number of imide groups is 1. The quantitative estimate of drug-likeness (QED) is 0.0453. The summed E-state index contributed by atoms with van der Waals surface area (Å²) in [6.45, 7) is 0.923. The lowest BCUT2D eigenvalue weighted by Gasteiger charge is -2.37. The van der Waals surface area contributed by atoms with E-state index in [1.54, 1.807) is 25.2 Å². The predicted molar refractivity (Wildman–Crippen MR) is 234 cm³/mol. The van der Waals surface area contributed by atoms with Crippen LogP contribution in [0.3, 0.4) is 0 Å². The monoisotopic (exact) mass is 949 g/mol. The van der Waals surface area contributed by atoms with Crippen LogP contribution in [-0.2, 0) is 45.9 Å². The van der Waals surface area contributed by atoms with Crippen LogP contribution in [0.25, 0.3) is 10.9 Å². The van der Waals surface area contributed by atoms with Gasteiger partial charge in [-0.1, -0.05) is 17.9 Å². The van der Waals surface area contributed by atoms with E-state index < -0.39 is 79.9 Å². The number of primary amides is 1. The molecule has 4 aliphatic rings. The van der Waals surface area contributed by atoms with Gasteiger partial charge >= 0.3 is 14.7 Å². The van der Waals surface area contributed by atoms with Crippen molar-refractivity contribution >= 4 is 66.8 Å². The van der Waals surface area contributed by atoms with Crippen LogP contribution < -0.4 is 27.0 Å². The number of aromatic amines is 1. The van der Waals surface area contributed by atoms with Gasteiger partial charge in [0, 0.05) is 67.0 Å². The van der Waals surface area contributed by atoms with Crippen LogP contribution in [-0.4, -0.2) is 134 Å². The zero-order valence-corrected chi connectivity index (χ0v) is 37.2. The van der Waals surface area contributed by atoms with Crippen molar-refractivity contribution in [3.8, 4) is 11.8 Å². The molecule has 5 atom stereocenters. The van der Waals surface area contributed by atoms with Crippen molar-refractivity contribution in [1.29, 1.82) is 0 Å².